The highest BCUT2D eigenvalue weighted by Crippen LogP contribution is 2.26. The molecule has 1 fully saturated rings. The Labute approximate surface area is 149 Å². The molecule has 3 rings (SSSR count). The van der Waals surface area contributed by atoms with Crippen molar-refractivity contribution in [3.05, 3.63) is 16.9 Å². The first-order valence-corrected chi connectivity index (χ1v) is 10.2. The molecule has 2 aromatic heterocycles. The zero-order valence-corrected chi connectivity index (χ0v) is 15.4. The minimum Gasteiger partial charge on any atom is -0.350 e. The third-order valence-corrected chi connectivity index (χ3v) is 6.04. The summed E-state index contributed by atoms with van der Waals surface area (Å²) in [5, 5.41) is 20.1. The molecule has 2 heterocycles. The Kier molecular flexibility index (Phi) is 6.19. The zero-order chi connectivity index (χ0) is 16.8. The topological polar surface area (TPSA) is 85.6 Å². The van der Waals surface area contributed by atoms with Crippen molar-refractivity contribution in [2.24, 2.45) is 0 Å². The number of hydrogen-bond acceptors (Lipinski definition) is 7. The second-order valence-corrected chi connectivity index (χ2v) is 8.44. The minimum absolute atomic E-state index is 0.163. The van der Waals surface area contributed by atoms with Crippen LogP contribution in [0.5, 0.6) is 0 Å². The maximum atomic E-state index is 12.2. The van der Waals surface area contributed by atoms with E-state index in [9.17, 15) is 4.79 Å². The second-order valence-electron chi connectivity index (χ2n) is 5.92. The molecule has 9 heteroatoms. The number of carbonyl (C=O) groups excluding carboxylic acids is 1. The van der Waals surface area contributed by atoms with Gasteiger partial charge in [0.2, 0.25) is 0 Å². The summed E-state index contributed by atoms with van der Waals surface area (Å²) in [5.41, 5.74) is 0.399. The Balaban J connectivity index is 1.45. The van der Waals surface area contributed by atoms with Crippen molar-refractivity contribution < 1.29 is 4.79 Å². The maximum Gasteiger partial charge on any atom is 0.273 e. The summed E-state index contributed by atoms with van der Waals surface area (Å²) in [7, 11) is 0. The third-order valence-electron chi connectivity index (χ3n) is 4.06. The first-order valence-electron chi connectivity index (χ1n) is 8.35. The highest BCUT2D eigenvalue weighted by atomic mass is 32.2. The van der Waals surface area contributed by atoms with Gasteiger partial charge < -0.3 is 5.32 Å². The Hall–Kier alpha value is -1.48. The number of thioether (sulfide) groups is 1. The van der Waals surface area contributed by atoms with Crippen LogP contribution in [-0.4, -0.2) is 43.4 Å². The van der Waals surface area contributed by atoms with Gasteiger partial charge in [0.15, 0.2) is 10.0 Å². The molecule has 24 heavy (non-hydrogen) atoms. The van der Waals surface area contributed by atoms with Crippen molar-refractivity contribution >= 4 is 29.0 Å². The van der Waals surface area contributed by atoms with Crippen LogP contribution in [0.3, 0.4) is 0 Å². The molecule has 1 aliphatic carbocycles. The summed E-state index contributed by atoms with van der Waals surface area (Å²) in [6, 6.07) is 0.387. The lowest BCUT2D eigenvalue weighted by Crippen LogP contribution is -2.26. The molecule has 2 aromatic rings. The summed E-state index contributed by atoms with van der Waals surface area (Å²) >= 11 is 3.16. The highest BCUT2D eigenvalue weighted by molar-refractivity contribution is 8.01. The van der Waals surface area contributed by atoms with E-state index in [-0.39, 0.29) is 5.91 Å². The van der Waals surface area contributed by atoms with Crippen LogP contribution < -0.4 is 5.32 Å². The van der Waals surface area contributed by atoms with Crippen molar-refractivity contribution in [2.45, 2.75) is 55.8 Å². The molecule has 130 valence electrons. The molecule has 1 saturated carbocycles. The van der Waals surface area contributed by atoms with Gasteiger partial charge in [-0.05, 0) is 19.8 Å². The number of carbonyl (C=O) groups is 1. The molecule has 7 nitrogen and oxygen atoms in total. The number of aryl methyl sites for hydroxylation is 1. The molecule has 1 N–H and O–H groups in total. The van der Waals surface area contributed by atoms with E-state index < -0.39 is 0 Å². The predicted octanol–water partition coefficient (Wildman–Crippen LogP) is 2.86. The van der Waals surface area contributed by atoms with E-state index >= 15 is 0 Å². The van der Waals surface area contributed by atoms with Crippen molar-refractivity contribution in [2.75, 3.05) is 12.3 Å². The van der Waals surface area contributed by atoms with Crippen LogP contribution in [0.1, 0.15) is 60.1 Å². The van der Waals surface area contributed by atoms with Crippen LogP contribution in [0.25, 0.3) is 0 Å². The average Bonchev–Trinajstić information content (AvgIpc) is 3.14. The monoisotopic (exact) mass is 366 g/mol. The van der Waals surface area contributed by atoms with E-state index in [4.69, 9.17) is 0 Å². The lowest BCUT2D eigenvalue weighted by atomic mass is 10.1. The number of nitrogens with zero attached hydrogens (tertiary/aromatic N) is 5. The lowest BCUT2D eigenvalue weighted by molar-refractivity contribution is 0.0951. The first kappa shape index (κ1) is 17.3. The fourth-order valence-electron chi connectivity index (χ4n) is 2.81. The van der Waals surface area contributed by atoms with Gasteiger partial charge in [-0.1, -0.05) is 54.0 Å². The molecule has 0 spiro atoms. The SMILES string of the molecule is Cc1nnc(SCCNC(=O)c2cn(C3CCCCCC3)nn2)s1. The molecule has 1 aliphatic rings. The van der Waals surface area contributed by atoms with E-state index in [0.29, 0.717) is 18.3 Å². The second kappa shape index (κ2) is 8.57. The maximum absolute atomic E-state index is 12.2. The molecule has 0 radical (unpaired) electrons. The van der Waals surface area contributed by atoms with Crippen LogP contribution in [0, 0.1) is 6.92 Å². The van der Waals surface area contributed by atoms with Gasteiger partial charge in [0.05, 0.1) is 12.2 Å². The molecule has 0 aromatic carbocycles. The van der Waals surface area contributed by atoms with Crippen LogP contribution >= 0.6 is 23.1 Å². The number of nitrogens with one attached hydrogen (secondary N) is 1. The van der Waals surface area contributed by atoms with E-state index in [1.165, 1.54) is 25.7 Å². The van der Waals surface area contributed by atoms with Crippen molar-refractivity contribution in [3.63, 3.8) is 0 Å². The Bertz CT molecular complexity index is 662. The molecule has 0 saturated heterocycles. The summed E-state index contributed by atoms with van der Waals surface area (Å²) in [4.78, 5) is 12.2. The van der Waals surface area contributed by atoms with E-state index in [1.807, 2.05) is 11.6 Å². The summed E-state index contributed by atoms with van der Waals surface area (Å²) in [6.45, 7) is 2.50. The number of hydrogen-bond donors (Lipinski definition) is 1. The largest absolute Gasteiger partial charge is 0.350 e. The van der Waals surface area contributed by atoms with Gasteiger partial charge in [-0.2, -0.15) is 0 Å². The highest BCUT2D eigenvalue weighted by Gasteiger charge is 2.18. The third kappa shape index (κ3) is 4.76. The van der Waals surface area contributed by atoms with Gasteiger partial charge in [0.1, 0.15) is 5.01 Å². The van der Waals surface area contributed by atoms with Crippen molar-refractivity contribution in [1.82, 2.24) is 30.5 Å². The predicted molar refractivity (Wildman–Crippen MR) is 94.5 cm³/mol. The Morgan fingerprint density at radius 3 is 2.79 bits per heavy atom. The van der Waals surface area contributed by atoms with Gasteiger partial charge >= 0.3 is 0 Å². The smallest absolute Gasteiger partial charge is 0.273 e. The van der Waals surface area contributed by atoms with E-state index in [0.717, 1.165) is 27.9 Å². The molecule has 0 bridgehead atoms. The summed E-state index contributed by atoms with van der Waals surface area (Å²) in [5.74, 6) is 0.598. The van der Waals surface area contributed by atoms with Crippen molar-refractivity contribution in [1.29, 1.82) is 0 Å². The lowest BCUT2D eigenvalue weighted by Gasteiger charge is -2.12. The number of aromatic nitrogens is 5. The fraction of sp³-hybridized carbons (Fsp3) is 0.667. The van der Waals surface area contributed by atoms with Gasteiger partial charge in [-0.25, -0.2) is 4.68 Å². The molecule has 0 atom stereocenters. The first-order chi connectivity index (χ1) is 11.7. The van der Waals surface area contributed by atoms with Crippen LogP contribution in [-0.2, 0) is 0 Å². The van der Waals surface area contributed by atoms with Gasteiger partial charge in [0.25, 0.3) is 5.91 Å². The van der Waals surface area contributed by atoms with Crippen molar-refractivity contribution in [3.8, 4) is 0 Å². The average molecular weight is 367 g/mol. The van der Waals surface area contributed by atoms with Gasteiger partial charge in [0, 0.05) is 12.3 Å². The Morgan fingerprint density at radius 2 is 2.08 bits per heavy atom. The normalized spacial score (nSPS) is 16.0. The standard InChI is InChI=1S/C15H22N6OS2/c1-11-17-19-15(24-11)23-9-8-16-14(22)13-10-21(20-18-13)12-6-4-2-3-5-7-12/h10,12H,2-9H2,1H3,(H,16,22). The Morgan fingerprint density at radius 1 is 1.29 bits per heavy atom. The van der Waals surface area contributed by atoms with Gasteiger partial charge in [-0.3, -0.25) is 4.79 Å². The van der Waals surface area contributed by atoms with E-state index in [2.05, 4.69) is 25.8 Å². The van der Waals surface area contributed by atoms with Crippen LogP contribution in [0.2, 0.25) is 0 Å². The number of amides is 1. The van der Waals surface area contributed by atoms with Gasteiger partial charge in [-0.15, -0.1) is 15.3 Å². The summed E-state index contributed by atoms with van der Waals surface area (Å²) < 4.78 is 2.81. The number of rotatable bonds is 6. The molecule has 0 unspecified atom stereocenters. The summed E-state index contributed by atoms with van der Waals surface area (Å²) in [6.07, 6.45) is 9.09. The minimum atomic E-state index is -0.163. The van der Waals surface area contributed by atoms with Crippen LogP contribution in [0.4, 0.5) is 0 Å². The molecular formula is C15H22N6OS2. The van der Waals surface area contributed by atoms with Crippen LogP contribution in [0.15, 0.2) is 10.5 Å². The molecule has 0 aliphatic heterocycles. The molecular weight excluding hydrogens is 344 g/mol. The fourth-order valence-corrected chi connectivity index (χ4v) is 4.55. The molecule has 1 amide bonds. The van der Waals surface area contributed by atoms with E-state index in [1.54, 1.807) is 29.3 Å². The zero-order valence-electron chi connectivity index (χ0n) is 13.8. The quantitative estimate of drug-likeness (QED) is 0.481.